The molecule has 1 aromatic heterocycles. The topological polar surface area (TPSA) is 30.5 Å². The van der Waals surface area contributed by atoms with Gasteiger partial charge in [-0.2, -0.15) is 0 Å². The molecule has 1 unspecified atom stereocenters. The average molecular weight is 257 g/mol. The zero-order valence-corrected chi connectivity index (χ0v) is 11.8. The Hall–Kier alpha value is -0.580. The van der Waals surface area contributed by atoms with Crippen molar-refractivity contribution in [3.05, 3.63) is 16.3 Å². The molecule has 0 spiro atoms. The van der Waals surface area contributed by atoms with Crippen LogP contribution in [0.5, 0.6) is 5.75 Å². The Kier molecular flexibility index (Phi) is 7.24. The maximum absolute atomic E-state index is 5.39. The lowest BCUT2D eigenvalue weighted by Crippen LogP contribution is -2.22. The van der Waals surface area contributed by atoms with Crippen LogP contribution in [0, 0.1) is 0 Å². The maximum Gasteiger partial charge on any atom is 0.134 e. The number of hydrogen-bond donors (Lipinski definition) is 1. The average Bonchev–Trinajstić information content (AvgIpc) is 2.81. The number of methoxy groups -OCH3 is 2. The Labute approximate surface area is 108 Å². The third kappa shape index (κ3) is 4.66. The van der Waals surface area contributed by atoms with Crippen molar-refractivity contribution in [2.75, 3.05) is 27.4 Å². The normalized spacial score (nSPS) is 12.6. The summed E-state index contributed by atoms with van der Waals surface area (Å²) in [6.07, 6.45) is 3.30. The van der Waals surface area contributed by atoms with E-state index in [2.05, 4.69) is 17.6 Å². The molecule has 1 aromatic rings. The highest BCUT2D eigenvalue weighted by Crippen LogP contribution is 2.33. The van der Waals surface area contributed by atoms with Crippen LogP contribution in [-0.2, 0) is 4.74 Å². The first-order valence-electron chi connectivity index (χ1n) is 6.17. The van der Waals surface area contributed by atoms with Crippen LogP contribution in [0.15, 0.2) is 11.4 Å². The van der Waals surface area contributed by atoms with Gasteiger partial charge in [-0.05, 0) is 37.3 Å². The van der Waals surface area contributed by atoms with Crippen molar-refractivity contribution in [1.82, 2.24) is 5.32 Å². The molecule has 0 aliphatic rings. The molecule has 1 heterocycles. The predicted molar refractivity (Wildman–Crippen MR) is 73.0 cm³/mol. The second kappa shape index (κ2) is 8.50. The van der Waals surface area contributed by atoms with E-state index in [1.54, 1.807) is 25.6 Å². The summed E-state index contributed by atoms with van der Waals surface area (Å²) in [5.41, 5.74) is 0. The van der Waals surface area contributed by atoms with Gasteiger partial charge in [0.1, 0.15) is 5.75 Å². The van der Waals surface area contributed by atoms with Crippen LogP contribution < -0.4 is 10.1 Å². The van der Waals surface area contributed by atoms with E-state index in [4.69, 9.17) is 9.47 Å². The van der Waals surface area contributed by atoms with Crippen LogP contribution in [0.2, 0.25) is 0 Å². The summed E-state index contributed by atoms with van der Waals surface area (Å²) < 4.78 is 10.5. The summed E-state index contributed by atoms with van der Waals surface area (Å²) in [7, 11) is 3.48. The molecule has 0 aliphatic heterocycles. The van der Waals surface area contributed by atoms with Crippen LogP contribution in [-0.4, -0.2) is 27.4 Å². The number of ether oxygens (including phenoxy) is 2. The quantitative estimate of drug-likeness (QED) is 0.689. The molecule has 0 saturated carbocycles. The van der Waals surface area contributed by atoms with Crippen LogP contribution in [0.4, 0.5) is 0 Å². The molecule has 98 valence electrons. The second-order valence-corrected chi connectivity index (χ2v) is 4.94. The van der Waals surface area contributed by atoms with Crippen molar-refractivity contribution in [1.29, 1.82) is 0 Å². The van der Waals surface area contributed by atoms with E-state index in [0.717, 1.165) is 38.2 Å². The zero-order chi connectivity index (χ0) is 12.5. The molecular formula is C13H23NO2S. The van der Waals surface area contributed by atoms with Gasteiger partial charge >= 0.3 is 0 Å². The Morgan fingerprint density at radius 1 is 1.41 bits per heavy atom. The summed E-state index contributed by atoms with van der Waals surface area (Å²) >= 11 is 1.76. The largest absolute Gasteiger partial charge is 0.496 e. The zero-order valence-electron chi connectivity index (χ0n) is 11.0. The minimum Gasteiger partial charge on any atom is -0.496 e. The Balaban J connectivity index is 2.60. The molecule has 3 nitrogen and oxygen atoms in total. The van der Waals surface area contributed by atoms with Crippen molar-refractivity contribution >= 4 is 11.3 Å². The second-order valence-electron chi connectivity index (χ2n) is 3.99. The van der Waals surface area contributed by atoms with Crippen LogP contribution in [0.3, 0.4) is 0 Å². The number of rotatable bonds is 9. The van der Waals surface area contributed by atoms with Gasteiger partial charge in [-0.1, -0.05) is 6.92 Å². The van der Waals surface area contributed by atoms with E-state index >= 15 is 0 Å². The lowest BCUT2D eigenvalue weighted by atomic mass is 10.1. The molecule has 17 heavy (non-hydrogen) atoms. The van der Waals surface area contributed by atoms with Crippen molar-refractivity contribution in [3.8, 4) is 5.75 Å². The summed E-state index contributed by atoms with van der Waals surface area (Å²) in [5, 5.41) is 5.67. The highest BCUT2D eigenvalue weighted by Gasteiger charge is 2.16. The smallest absolute Gasteiger partial charge is 0.134 e. The molecule has 0 bridgehead atoms. The molecule has 0 aromatic carbocycles. The number of thiophene rings is 1. The number of nitrogens with one attached hydrogen (secondary N) is 1. The van der Waals surface area contributed by atoms with Gasteiger partial charge in [0.05, 0.1) is 12.0 Å². The lowest BCUT2D eigenvalue weighted by molar-refractivity contribution is 0.188. The summed E-state index contributed by atoms with van der Waals surface area (Å²) in [4.78, 5) is 1.30. The molecule has 1 N–H and O–H groups in total. The molecule has 1 atom stereocenters. The first-order valence-corrected chi connectivity index (χ1v) is 7.05. The molecular weight excluding hydrogens is 234 g/mol. The van der Waals surface area contributed by atoms with Gasteiger partial charge in [-0.3, -0.25) is 0 Å². The van der Waals surface area contributed by atoms with E-state index < -0.39 is 0 Å². The Bertz CT molecular complexity index is 301. The Morgan fingerprint density at radius 3 is 2.88 bits per heavy atom. The third-order valence-electron chi connectivity index (χ3n) is 2.68. The SMILES string of the molecule is CCCNC(CCCOC)c1sccc1OC. The van der Waals surface area contributed by atoms with Gasteiger partial charge in [0.2, 0.25) is 0 Å². The summed E-state index contributed by atoms with van der Waals surface area (Å²) in [6.45, 7) is 4.04. The minimum absolute atomic E-state index is 0.389. The lowest BCUT2D eigenvalue weighted by Gasteiger charge is -2.18. The Morgan fingerprint density at radius 2 is 2.24 bits per heavy atom. The van der Waals surface area contributed by atoms with Gasteiger partial charge in [-0.25, -0.2) is 0 Å². The van der Waals surface area contributed by atoms with Gasteiger partial charge in [0, 0.05) is 19.8 Å². The fourth-order valence-corrected chi connectivity index (χ4v) is 2.78. The fraction of sp³-hybridized carbons (Fsp3) is 0.692. The van der Waals surface area contributed by atoms with E-state index in [1.807, 2.05) is 6.07 Å². The van der Waals surface area contributed by atoms with Gasteiger partial charge < -0.3 is 14.8 Å². The first kappa shape index (κ1) is 14.5. The molecule has 0 fully saturated rings. The molecule has 1 rings (SSSR count). The van der Waals surface area contributed by atoms with E-state index in [-0.39, 0.29) is 0 Å². The van der Waals surface area contributed by atoms with E-state index in [1.165, 1.54) is 4.88 Å². The first-order chi connectivity index (χ1) is 8.33. The monoisotopic (exact) mass is 257 g/mol. The van der Waals surface area contributed by atoms with Crippen molar-refractivity contribution in [2.45, 2.75) is 32.2 Å². The molecule has 0 amide bonds. The third-order valence-corrected chi connectivity index (χ3v) is 3.69. The van der Waals surface area contributed by atoms with Crippen molar-refractivity contribution in [2.24, 2.45) is 0 Å². The summed E-state index contributed by atoms with van der Waals surface area (Å²) in [5.74, 6) is 1.00. The highest BCUT2D eigenvalue weighted by molar-refractivity contribution is 7.10. The van der Waals surface area contributed by atoms with Crippen molar-refractivity contribution in [3.63, 3.8) is 0 Å². The maximum atomic E-state index is 5.39. The molecule has 0 saturated heterocycles. The van der Waals surface area contributed by atoms with Crippen LogP contribution in [0.1, 0.15) is 37.1 Å². The fourth-order valence-electron chi connectivity index (χ4n) is 1.81. The van der Waals surface area contributed by atoms with E-state index in [0.29, 0.717) is 6.04 Å². The van der Waals surface area contributed by atoms with Gasteiger partial charge in [0.25, 0.3) is 0 Å². The van der Waals surface area contributed by atoms with Crippen molar-refractivity contribution < 1.29 is 9.47 Å². The highest BCUT2D eigenvalue weighted by atomic mass is 32.1. The summed E-state index contributed by atoms with van der Waals surface area (Å²) in [6, 6.07) is 2.43. The van der Waals surface area contributed by atoms with Gasteiger partial charge in [0.15, 0.2) is 0 Å². The van der Waals surface area contributed by atoms with Crippen LogP contribution >= 0.6 is 11.3 Å². The van der Waals surface area contributed by atoms with E-state index in [9.17, 15) is 0 Å². The minimum atomic E-state index is 0.389. The standard InChI is InChI=1S/C13H23NO2S/c1-4-8-14-11(6-5-9-15-2)13-12(16-3)7-10-17-13/h7,10-11,14H,4-6,8-9H2,1-3H3. The van der Waals surface area contributed by atoms with Gasteiger partial charge in [-0.15, -0.1) is 11.3 Å². The molecule has 4 heteroatoms. The molecule has 0 aliphatic carbocycles. The van der Waals surface area contributed by atoms with Crippen LogP contribution in [0.25, 0.3) is 0 Å². The predicted octanol–water partition coefficient (Wildman–Crippen LogP) is 3.22. The number of hydrogen-bond acceptors (Lipinski definition) is 4. The molecule has 0 radical (unpaired) electrons.